The third kappa shape index (κ3) is 3.84. The molecule has 0 radical (unpaired) electrons. The maximum atomic E-state index is 13.0. The minimum absolute atomic E-state index is 0.206. The Morgan fingerprint density at radius 1 is 1.13 bits per heavy atom. The van der Waals surface area contributed by atoms with Gasteiger partial charge in [-0.2, -0.15) is 0 Å². The van der Waals surface area contributed by atoms with Gasteiger partial charge in [0.15, 0.2) is 5.78 Å². The van der Waals surface area contributed by atoms with E-state index in [4.69, 9.17) is 4.74 Å². The van der Waals surface area contributed by atoms with Gasteiger partial charge in [-0.1, -0.05) is 25.0 Å². The van der Waals surface area contributed by atoms with Crippen molar-refractivity contribution in [2.45, 2.75) is 58.0 Å². The fraction of sp³-hybridized carbons (Fsp3) is 0.458. The monoisotopic (exact) mass is 423 g/mol. The Kier molecular flexibility index (Phi) is 5.60. The average molecular weight is 424 g/mol. The second kappa shape index (κ2) is 8.21. The lowest BCUT2D eigenvalue weighted by atomic mass is 9.98. The lowest BCUT2D eigenvalue weighted by molar-refractivity contribution is -0.130. The number of ether oxygens (including phenoxy) is 1. The molecule has 1 saturated carbocycles. The van der Waals surface area contributed by atoms with E-state index in [0.29, 0.717) is 18.4 Å². The Bertz CT molecular complexity index is 1020. The number of aromatic nitrogens is 1. The van der Waals surface area contributed by atoms with E-state index in [1.807, 2.05) is 44.2 Å². The van der Waals surface area contributed by atoms with Crippen LogP contribution in [0.4, 0.5) is 4.79 Å². The van der Waals surface area contributed by atoms with Gasteiger partial charge >= 0.3 is 6.03 Å². The number of aryl methyl sites for hydroxylation is 2. The molecule has 2 fully saturated rings. The normalized spacial score (nSPS) is 17.5. The third-order valence-electron chi connectivity index (χ3n) is 6.66. The van der Waals surface area contributed by atoms with Gasteiger partial charge in [0, 0.05) is 23.5 Å². The zero-order valence-electron chi connectivity index (χ0n) is 18.4. The van der Waals surface area contributed by atoms with Crippen LogP contribution in [0.25, 0.3) is 0 Å². The van der Waals surface area contributed by atoms with Crippen LogP contribution in [0.5, 0.6) is 5.75 Å². The number of rotatable bonds is 7. The van der Waals surface area contributed by atoms with Crippen LogP contribution in [0.15, 0.2) is 30.3 Å². The summed E-state index contributed by atoms with van der Waals surface area (Å²) >= 11 is 0. The molecule has 4 rings (SSSR count). The standard InChI is InChI=1S/C24H29N3O4/c1-16-14-20(17(2)26(16)13-10-18-6-8-19(31-3)9-7-18)21(28)15-27-22(29)24(25-23(27)30)11-4-5-12-24/h6-9,14H,4-5,10-13,15H2,1-3H3,(H,25,30). The highest BCUT2D eigenvalue weighted by Crippen LogP contribution is 2.35. The molecule has 7 nitrogen and oxygen atoms in total. The van der Waals surface area contributed by atoms with Crippen molar-refractivity contribution >= 4 is 17.7 Å². The summed E-state index contributed by atoms with van der Waals surface area (Å²) in [6.45, 7) is 4.41. The molecule has 3 amide bonds. The van der Waals surface area contributed by atoms with Crippen molar-refractivity contribution in [3.8, 4) is 5.75 Å². The number of methoxy groups -OCH3 is 1. The Hall–Kier alpha value is -3.09. The van der Waals surface area contributed by atoms with Crippen molar-refractivity contribution in [3.05, 3.63) is 52.8 Å². The van der Waals surface area contributed by atoms with Gasteiger partial charge in [0.05, 0.1) is 13.7 Å². The van der Waals surface area contributed by atoms with E-state index in [9.17, 15) is 14.4 Å². The molecule has 7 heteroatoms. The summed E-state index contributed by atoms with van der Waals surface area (Å²) in [5.74, 6) is 0.365. The molecule has 1 saturated heterocycles. The molecule has 2 heterocycles. The molecule has 0 bridgehead atoms. The van der Waals surface area contributed by atoms with E-state index < -0.39 is 11.6 Å². The van der Waals surface area contributed by atoms with Gasteiger partial charge < -0.3 is 14.6 Å². The highest BCUT2D eigenvalue weighted by molar-refractivity contribution is 6.11. The number of nitrogens with one attached hydrogen (secondary N) is 1. The lowest BCUT2D eigenvalue weighted by Crippen LogP contribution is -2.44. The SMILES string of the molecule is COc1ccc(CCn2c(C)cc(C(=O)CN3C(=O)NC4(CCCC4)C3=O)c2C)cc1. The largest absolute Gasteiger partial charge is 0.497 e. The molecule has 2 aromatic rings. The zero-order chi connectivity index (χ0) is 22.2. The Labute approximate surface area is 182 Å². The van der Waals surface area contributed by atoms with Crippen molar-refractivity contribution in [2.75, 3.05) is 13.7 Å². The van der Waals surface area contributed by atoms with E-state index in [-0.39, 0.29) is 18.2 Å². The predicted octanol–water partition coefficient (Wildman–Crippen LogP) is 3.40. The zero-order valence-corrected chi connectivity index (χ0v) is 18.4. The summed E-state index contributed by atoms with van der Waals surface area (Å²) in [4.78, 5) is 39.4. The van der Waals surface area contributed by atoms with Crippen LogP contribution in [-0.4, -0.2) is 46.4 Å². The van der Waals surface area contributed by atoms with Gasteiger partial charge in [-0.25, -0.2) is 4.79 Å². The first kappa shape index (κ1) is 21.2. The van der Waals surface area contributed by atoms with E-state index >= 15 is 0 Å². The second-order valence-corrected chi connectivity index (χ2v) is 8.57. The van der Waals surface area contributed by atoms with Crippen LogP contribution in [0.2, 0.25) is 0 Å². The Morgan fingerprint density at radius 2 is 1.81 bits per heavy atom. The molecular formula is C24H29N3O4. The number of Topliss-reactive ketones (excluding diaryl/α,β-unsaturated/α-hetero) is 1. The number of imide groups is 1. The first-order valence-corrected chi connectivity index (χ1v) is 10.8. The molecule has 31 heavy (non-hydrogen) atoms. The van der Waals surface area contributed by atoms with Crippen molar-refractivity contribution in [3.63, 3.8) is 0 Å². The predicted molar refractivity (Wildman–Crippen MR) is 116 cm³/mol. The number of ketones is 1. The van der Waals surface area contributed by atoms with Gasteiger partial charge in [0.1, 0.15) is 11.3 Å². The number of carbonyl (C=O) groups is 3. The summed E-state index contributed by atoms with van der Waals surface area (Å²) in [5.41, 5.74) is 2.81. The van der Waals surface area contributed by atoms with Gasteiger partial charge in [-0.15, -0.1) is 0 Å². The van der Waals surface area contributed by atoms with Crippen LogP contribution in [0.1, 0.15) is 53.0 Å². The summed E-state index contributed by atoms with van der Waals surface area (Å²) in [5, 5.41) is 2.83. The highest BCUT2D eigenvalue weighted by atomic mass is 16.5. The van der Waals surface area contributed by atoms with Gasteiger partial charge in [0.25, 0.3) is 5.91 Å². The maximum Gasteiger partial charge on any atom is 0.325 e. The molecule has 1 aromatic heterocycles. The minimum Gasteiger partial charge on any atom is -0.497 e. The van der Waals surface area contributed by atoms with Crippen LogP contribution >= 0.6 is 0 Å². The van der Waals surface area contributed by atoms with Gasteiger partial charge in [0.2, 0.25) is 0 Å². The maximum absolute atomic E-state index is 13.0. The van der Waals surface area contributed by atoms with Crippen molar-refractivity contribution in [1.82, 2.24) is 14.8 Å². The smallest absolute Gasteiger partial charge is 0.325 e. The molecule has 164 valence electrons. The fourth-order valence-electron chi connectivity index (χ4n) is 4.83. The van der Waals surface area contributed by atoms with Gasteiger partial charge in [-0.05, 0) is 56.9 Å². The number of hydrogen-bond donors (Lipinski definition) is 1. The van der Waals surface area contributed by atoms with E-state index in [2.05, 4.69) is 9.88 Å². The topological polar surface area (TPSA) is 80.6 Å². The molecule has 1 spiro atoms. The van der Waals surface area contributed by atoms with Gasteiger partial charge in [-0.3, -0.25) is 14.5 Å². The van der Waals surface area contributed by atoms with E-state index in [1.165, 1.54) is 5.56 Å². The number of urea groups is 1. The van der Waals surface area contributed by atoms with Crippen LogP contribution in [-0.2, 0) is 17.8 Å². The molecule has 1 aromatic carbocycles. The van der Waals surface area contributed by atoms with Crippen LogP contribution in [0.3, 0.4) is 0 Å². The average Bonchev–Trinajstić information content (AvgIpc) is 3.41. The van der Waals surface area contributed by atoms with Crippen molar-refractivity contribution in [2.24, 2.45) is 0 Å². The number of amides is 3. The van der Waals surface area contributed by atoms with Crippen molar-refractivity contribution in [1.29, 1.82) is 0 Å². The highest BCUT2D eigenvalue weighted by Gasteiger charge is 2.52. The summed E-state index contributed by atoms with van der Waals surface area (Å²) < 4.78 is 7.31. The van der Waals surface area contributed by atoms with Crippen LogP contribution < -0.4 is 10.1 Å². The Morgan fingerprint density at radius 3 is 2.45 bits per heavy atom. The number of carbonyl (C=O) groups excluding carboxylic acids is 3. The molecule has 2 aliphatic rings. The Balaban J connectivity index is 1.45. The molecule has 1 aliphatic heterocycles. The summed E-state index contributed by atoms with van der Waals surface area (Å²) in [7, 11) is 1.65. The number of nitrogens with zero attached hydrogens (tertiary/aromatic N) is 2. The summed E-state index contributed by atoms with van der Waals surface area (Å²) in [6, 6.07) is 9.36. The fourth-order valence-corrected chi connectivity index (χ4v) is 4.83. The summed E-state index contributed by atoms with van der Waals surface area (Å²) in [6.07, 6.45) is 3.97. The minimum atomic E-state index is -0.785. The molecule has 0 atom stereocenters. The molecular weight excluding hydrogens is 394 g/mol. The molecule has 1 aliphatic carbocycles. The third-order valence-corrected chi connectivity index (χ3v) is 6.66. The van der Waals surface area contributed by atoms with Crippen LogP contribution in [0, 0.1) is 13.8 Å². The molecule has 0 unspecified atom stereocenters. The van der Waals surface area contributed by atoms with E-state index in [0.717, 1.165) is 47.8 Å². The number of benzene rings is 1. The first-order valence-electron chi connectivity index (χ1n) is 10.8. The second-order valence-electron chi connectivity index (χ2n) is 8.57. The molecule has 1 N–H and O–H groups in total. The lowest BCUT2D eigenvalue weighted by Gasteiger charge is -2.19. The quantitative estimate of drug-likeness (QED) is 0.547. The van der Waals surface area contributed by atoms with E-state index in [1.54, 1.807) is 7.11 Å². The van der Waals surface area contributed by atoms with Crippen molar-refractivity contribution < 1.29 is 19.1 Å². The number of hydrogen-bond acceptors (Lipinski definition) is 4. The first-order chi connectivity index (χ1) is 14.8.